The molecule has 104 valence electrons. The first kappa shape index (κ1) is 15.3. The molecule has 1 aliphatic heterocycles. The number of aliphatic imine (C=N–C) groups is 1. The van der Waals surface area contributed by atoms with Gasteiger partial charge >= 0.3 is 0 Å². The molecule has 6 heteroatoms. The zero-order valence-electron chi connectivity index (χ0n) is 11.0. The van der Waals surface area contributed by atoms with E-state index >= 15 is 0 Å². The van der Waals surface area contributed by atoms with Gasteiger partial charge in [-0.2, -0.15) is 0 Å². The van der Waals surface area contributed by atoms with Crippen LogP contribution < -0.4 is 16.9 Å². The predicted molar refractivity (Wildman–Crippen MR) is 81.5 cm³/mol. The molecule has 5 N–H and O–H groups in total. The van der Waals surface area contributed by atoms with Crippen molar-refractivity contribution in [2.45, 2.75) is 25.2 Å². The van der Waals surface area contributed by atoms with Crippen molar-refractivity contribution in [1.82, 2.24) is 5.43 Å². The normalized spacial score (nSPS) is 21.8. The van der Waals surface area contributed by atoms with Gasteiger partial charge in [0.1, 0.15) is 5.84 Å². The highest BCUT2D eigenvalue weighted by molar-refractivity contribution is 5.85. The highest BCUT2D eigenvalue weighted by atomic mass is 35.5. The zero-order chi connectivity index (χ0) is 13.0. The predicted octanol–water partition coefficient (Wildman–Crippen LogP) is 1.34. The van der Waals surface area contributed by atoms with Crippen molar-refractivity contribution in [1.29, 1.82) is 0 Å². The fraction of sp³-hybridized carbons (Fsp3) is 0.385. The van der Waals surface area contributed by atoms with Crippen LogP contribution in [0.3, 0.4) is 0 Å². The van der Waals surface area contributed by atoms with E-state index in [9.17, 15) is 0 Å². The van der Waals surface area contributed by atoms with Gasteiger partial charge in [-0.05, 0) is 12.0 Å². The molecular formula is C13H20ClN5. The smallest absolute Gasteiger partial charge is 0.208 e. The highest BCUT2D eigenvalue weighted by Crippen LogP contribution is 2.31. The minimum Gasteiger partial charge on any atom is -0.369 e. The largest absolute Gasteiger partial charge is 0.369 e. The third-order valence-electron chi connectivity index (χ3n) is 3.32. The van der Waals surface area contributed by atoms with Crippen LogP contribution in [-0.4, -0.2) is 18.3 Å². The van der Waals surface area contributed by atoms with Crippen molar-refractivity contribution in [2.24, 2.45) is 21.6 Å². The Kier molecular flexibility index (Phi) is 5.18. The lowest BCUT2D eigenvalue weighted by atomic mass is 9.77. The molecule has 1 aromatic rings. The standard InChI is InChI=1S/C13H19N5.ClH/c1-13(10-5-3-2-4-6-10)8-7-11(16-9-13)17-18-12(14)15;/h2-6H,7-9H2,1H3,(H,16,17)(H4,14,15,18);1H. The van der Waals surface area contributed by atoms with Crippen LogP contribution in [0.2, 0.25) is 0 Å². The summed E-state index contributed by atoms with van der Waals surface area (Å²) in [6, 6.07) is 10.5. The molecule has 0 spiro atoms. The SMILES string of the molecule is CC1(c2ccccc2)CCC(NN=C(N)N)=NC1.Cl. The fourth-order valence-electron chi connectivity index (χ4n) is 2.12. The molecule has 0 saturated carbocycles. The third-order valence-corrected chi connectivity index (χ3v) is 3.32. The monoisotopic (exact) mass is 281 g/mol. The zero-order valence-corrected chi connectivity index (χ0v) is 11.8. The van der Waals surface area contributed by atoms with E-state index in [1.54, 1.807) is 0 Å². The molecule has 0 radical (unpaired) electrons. The Morgan fingerprint density at radius 2 is 2.00 bits per heavy atom. The van der Waals surface area contributed by atoms with E-state index < -0.39 is 0 Å². The lowest BCUT2D eigenvalue weighted by Gasteiger charge is -2.32. The molecule has 1 atom stereocenters. The number of nitrogens with two attached hydrogens (primary N) is 2. The first-order valence-corrected chi connectivity index (χ1v) is 6.04. The Morgan fingerprint density at radius 3 is 2.53 bits per heavy atom. The van der Waals surface area contributed by atoms with E-state index in [0.717, 1.165) is 25.2 Å². The summed E-state index contributed by atoms with van der Waals surface area (Å²) in [5.41, 5.74) is 14.8. The van der Waals surface area contributed by atoms with Gasteiger partial charge in [0, 0.05) is 11.8 Å². The molecule has 0 fully saturated rings. The maximum absolute atomic E-state index is 5.26. The summed E-state index contributed by atoms with van der Waals surface area (Å²) in [6.45, 7) is 2.99. The van der Waals surface area contributed by atoms with Gasteiger partial charge in [-0.25, -0.2) is 0 Å². The minimum atomic E-state index is 0. The minimum absolute atomic E-state index is 0. The van der Waals surface area contributed by atoms with Crippen LogP contribution in [-0.2, 0) is 5.41 Å². The first-order valence-electron chi connectivity index (χ1n) is 6.04. The Balaban J connectivity index is 0.00000180. The molecule has 0 amide bonds. The average molecular weight is 282 g/mol. The number of nitrogens with one attached hydrogen (secondary N) is 1. The highest BCUT2D eigenvalue weighted by Gasteiger charge is 2.29. The fourth-order valence-corrected chi connectivity index (χ4v) is 2.12. The summed E-state index contributed by atoms with van der Waals surface area (Å²) in [5.74, 6) is 0.867. The Morgan fingerprint density at radius 1 is 1.32 bits per heavy atom. The number of hydrogen-bond acceptors (Lipinski definition) is 3. The molecule has 2 rings (SSSR count). The van der Waals surface area contributed by atoms with Gasteiger partial charge < -0.3 is 11.5 Å². The quantitative estimate of drug-likeness (QED) is 0.434. The summed E-state index contributed by atoms with van der Waals surface area (Å²) >= 11 is 0. The van der Waals surface area contributed by atoms with Crippen molar-refractivity contribution in [2.75, 3.05) is 6.54 Å². The van der Waals surface area contributed by atoms with E-state index in [2.05, 4.69) is 46.7 Å². The summed E-state index contributed by atoms with van der Waals surface area (Å²) in [5, 5.41) is 3.76. The lowest BCUT2D eigenvalue weighted by Crippen LogP contribution is -2.36. The number of hydrazone groups is 1. The maximum atomic E-state index is 5.26. The maximum Gasteiger partial charge on any atom is 0.208 e. The molecule has 0 bridgehead atoms. The van der Waals surface area contributed by atoms with E-state index in [-0.39, 0.29) is 23.8 Å². The van der Waals surface area contributed by atoms with Crippen LogP contribution in [0.15, 0.2) is 40.4 Å². The number of guanidine groups is 1. The van der Waals surface area contributed by atoms with Crippen molar-refractivity contribution >= 4 is 24.2 Å². The summed E-state index contributed by atoms with van der Waals surface area (Å²) < 4.78 is 0. The number of hydrogen-bond donors (Lipinski definition) is 3. The molecule has 0 saturated heterocycles. The van der Waals surface area contributed by atoms with E-state index in [1.807, 2.05) is 6.07 Å². The second kappa shape index (κ2) is 6.43. The summed E-state index contributed by atoms with van der Waals surface area (Å²) in [4.78, 5) is 4.52. The number of amidine groups is 1. The molecular weight excluding hydrogens is 262 g/mol. The van der Waals surface area contributed by atoms with Crippen molar-refractivity contribution < 1.29 is 0 Å². The molecule has 1 aromatic carbocycles. The van der Waals surface area contributed by atoms with E-state index in [1.165, 1.54) is 5.56 Å². The van der Waals surface area contributed by atoms with E-state index in [4.69, 9.17) is 11.5 Å². The van der Waals surface area contributed by atoms with Gasteiger partial charge in [0.05, 0.1) is 6.54 Å². The van der Waals surface area contributed by atoms with Crippen LogP contribution in [0.4, 0.5) is 0 Å². The number of benzene rings is 1. The van der Waals surface area contributed by atoms with Crippen LogP contribution in [0.5, 0.6) is 0 Å². The second-order valence-corrected chi connectivity index (χ2v) is 4.84. The van der Waals surface area contributed by atoms with Gasteiger partial charge in [0.25, 0.3) is 0 Å². The van der Waals surface area contributed by atoms with Crippen molar-refractivity contribution in [3.63, 3.8) is 0 Å². The molecule has 19 heavy (non-hydrogen) atoms. The molecule has 1 aliphatic rings. The van der Waals surface area contributed by atoms with Gasteiger partial charge in [-0.15, -0.1) is 17.5 Å². The number of nitrogens with zero attached hydrogens (tertiary/aromatic N) is 2. The van der Waals surface area contributed by atoms with Crippen LogP contribution in [0.1, 0.15) is 25.3 Å². The van der Waals surface area contributed by atoms with Crippen molar-refractivity contribution in [3.8, 4) is 0 Å². The molecule has 1 heterocycles. The summed E-state index contributed by atoms with van der Waals surface area (Å²) in [7, 11) is 0. The lowest BCUT2D eigenvalue weighted by molar-refractivity contribution is 0.435. The topological polar surface area (TPSA) is 88.8 Å². The molecule has 0 aliphatic carbocycles. The summed E-state index contributed by atoms with van der Waals surface area (Å²) in [6.07, 6.45) is 1.88. The second-order valence-electron chi connectivity index (χ2n) is 4.84. The van der Waals surface area contributed by atoms with Crippen LogP contribution >= 0.6 is 12.4 Å². The number of rotatable bonds is 2. The van der Waals surface area contributed by atoms with Crippen LogP contribution in [0, 0.1) is 0 Å². The molecule has 5 nitrogen and oxygen atoms in total. The van der Waals surface area contributed by atoms with Gasteiger partial charge in [-0.1, -0.05) is 37.3 Å². The Hall–Kier alpha value is -1.75. The third kappa shape index (κ3) is 3.86. The van der Waals surface area contributed by atoms with E-state index in [0.29, 0.717) is 0 Å². The Bertz CT molecular complexity index is 467. The first-order chi connectivity index (χ1) is 8.60. The number of halogens is 1. The van der Waals surface area contributed by atoms with Crippen LogP contribution in [0.25, 0.3) is 0 Å². The average Bonchev–Trinajstić information content (AvgIpc) is 2.39. The van der Waals surface area contributed by atoms with Gasteiger partial charge in [0.2, 0.25) is 5.96 Å². The molecule has 1 unspecified atom stereocenters. The van der Waals surface area contributed by atoms with Crippen molar-refractivity contribution in [3.05, 3.63) is 35.9 Å². The van der Waals surface area contributed by atoms with Gasteiger partial charge in [0.15, 0.2) is 0 Å². The van der Waals surface area contributed by atoms with Gasteiger partial charge in [-0.3, -0.25) is 10.4 Å². The molecule has 0 aromatic heterocycles. The Labute approximate surface area is 119 Å².